The summed E-state index contributed by atoms with van der Waals surface area (Å²) in [6.45, 7) is 0.135. The Kier molecular flexibility index (Phi) is 4.20. The zero-order chi connectivity index (χ0) is 13.7. The van der Waals surface area contributed by atoms with Gasteiger partial charge in [0, 0.05) is 12.4 Å². The SMILES string of the molecule is COC(=O)c1ccc(OCCO)c(-n2cccc2)c1. The Labute approximate surface area is 111 Å². The number of esters is 1. The van der Waals surface area contributed by atoms with Crippen LogP contribution in [0.5, 0.6) is 5.75 Å². The van der Waals surface area contributed by atoms with Gasteiger partial charge in [-0.25, -0.2) is 4.79 Å². The summed E-state index contributed by atoms with van der Waals surface area (Å²) in [5.41, 5.74) is 1.17. The average Bonchev–Trinajstić information content (AvgIpc) is 2.98. The van der Waals surface area contributed by atoms with Gasteiger partial charge >= 0.3 is 5.97 Å². The molecule has 1 N–H and O–H groups in total. The molecule has 0 amide bonds. The van der Waals surface area contributed by atoms with Crippen molar-refractivity contribution in [2.24, 2.45) is 0 Å². The Morgan fingerprint density at radius 2 is 2.05 bits per heavy atom. The number of aliphatic hydroxyl groups is 1. The van der Waals surface area contributed by atoms with E-state index in [0.29, 0.717) is 11.3 Å². The first-order valence-corrected chi connectivity index (χ1v) is 5.85. The van der Waals surface area contributed by atoms with Gasteiger partial charge in [-0.2, -0.15) is 0 Å². The lowest BCUT2D eigenvalue weighted by atomic mass is 10.2. The van der Waals surface area contributed by atoms with Gasteiger partial charge < -0.3 is 19.1 Å². The van der Waals surface area contributed by atoms with Crippen molar-refractivity contribution in [3.63, 3.8) is 0 Å². The molecule has 1 aromatic carbocycles. The van der Waals surface area contributed by atoms with Crippen molar-refractivity contribution in [3.05, 3.63) is 48.3 Å². The molecule has 2 rings (SSSR count). The summed E-state index contributed by atoms with van der Waals surface area (Å²) < 4.78 is 12.0. The Morgan fingerprint density at radius 3 is 2.68 bits per heavy atom. The van der Waals surface area contributed by atoms with E-state index in [1.807, 2.05) is 29.1 Å². The lowest BCUT2D eigenvalue weighted by molar-refractivity contribution is 0.0600. The topological polar surface area (TPSA) is 60.7 Å². The fourth-order valence-electron chi connectivity index (χ4n) is 1.74. The molecule has 0 aliphatic rings. The van der Waals surface area contributed by atoms with E-state index < -0.39 is 5.97 Å². The van der Waals surface area contributed by atoms with E-state index in [9.17, 15) is 4.79 Å². The molecule has 1 aromatic heterocycles. The number of ether oxygens (including phenoxy) is 2. The van der Waals surface area contributed by atoms with Crippen molar-refractivity contribution in [1.82, 2.24) is 4.57 Å². The van der Waals surface area contributed by atoms with Crippen LogP contribution in [0.3, 0.4) is 0 Å². The molecule has 2 aromatic rings. The van der Waals surface area contributed by atoms with E-state index in [2.05, 4.69) is 0 Å². The smallest absolute Gasteiger partial charge is 0.337 e. The molecule has 0 aliphatic heterocycles. The summed E-state index contributed by atoms with van der Waals surface area (Å²) >= 11 is 0. The molecule has 19 heavy (non-hydrogen) atoms. The molecule has 0 aliphatic carbocycles. The van der Waals surface area contributed by atoms with Gasteiger partial charge in [0.05, 0.1) is 25.0 Å². The molecule has 0 saturated heterocycles. The first-order chi connectivity index (χ1) is 9.26. The molecule has 5 nitrogen and oxygen atoms in total. The number of benzene rings is 1. The fraction of sp³-hybridized carbons (Fsp3) is 0.214. The standard InChI is InChI=1S/C14H15NO4/c1-18-14(17)11-4-5-13(19-9-8-16)12(10-11)15-6-2-3-7-15/h2-7,10,16H,8-9H2,1H3. The van der Waals surface area contributed by atoms with Crippen LogP contribution in [0.1, 0.15) is 10.4 Å². The fourth-order valence-corrected chi connectivity index (χ4v) is 1.74. The second-order valence-electron chi connectivity index (χ2n) is 3.84. The van der Waals surface area contributed by atoms with Gasteiger partial charge in [-0.05, 0) is 30.3 Å². The van der Waals surface area contributed by atoms with Crippen LogP contribution in [0.4, 0.5) is 0 Å². The van der Waals surface area contributed by atoms with Crippen LogP contribution in [0, 0.1) is 0 Å². The van der Waals surface area contributed by atoms with Crippen molar-refractivity contribution in [2.75, 3.05) is 20.3 Å². The zero-order valence-corrected chi connectivity index (χ0v) is 10.6. The summed E-state index contributed by atoms with van der Waals surface area (Å²) in [6.07, 6.45) is 3.70. The van der Waals surface area contributed by atoms with Gasteiger partial charge in [-0.15, -0.1) is 0 Å². The molecule has 5 heteroatoms. The van der Waals surface area contributed by atoms with E-state index in [1.165, 1.54) is 7.11 Å². The monoisotopic (exact) mass is 261 g/mol. The predicted octanol–water partition coefficient (Wildman–Crippen LogP) is 1.64. The van der Waals surface area contributed by atoms with Gasteiger partial charge in [0.2, 0.25) is 0 Å². The van der Waals surface area contributed by atoms with Crippen molar-refractivity contribution in [2.45, 2.75) is 0 Å². The molecule has 0 saturated carbocycles. The van der Waals surface area contributed by atoms with Gasteiger partial charge in [-0.3, -0.25) is 0 Å². The third-order valence-electron chi connectivity index (χ3n) is 2.61. The first-order valence-electron chi connectivity index (χ1n) is 5.85. The number of carbonyl (C=O) groups excluding carboxylic acids is 1. The van der Waals surface area contributed by atoms with E-state index in [0.717, 1.165) is 5.69 Å². The second kappa shape index (κ2) is 6.06. The van der Waals surface area contributed by atoms with E-state index >= 15 is 0 Å². The van der Waals surface area contributed by atoms with E-state index in [1.54, 1.807) is 18.2 Å². The third-order valence-corrected chi connectivity index (χ3v) is 2.61. The largest absolute Gasteiger partial charge is 0.489 e. The Morgan fingerprint density at radius 1 is 1.32 bits per heavy atom. The van der Waals surface area contributed by atoms with Gasteiger partial charge in [0.15, 0.2) is 0 Å². The third kappa shape index (κ3) is 2.95. The van der Waals surface area contributed by atoms with Crippen LogP contribution in [0.15, 0.2) is 42.7 Å². The van der Waals surface area contributed by atoms with Crippen LogP contribution >= 0.6 is 0 Å². The summed E-state index contributed by atoms with van der Waals surface area (Å²) in [5, 5.41) is 8.82. The Hall–Kier alpha value is -2.27. The highest BCUT2D eigenvalue weighted by atomic mass is 16.5. The van der Waals surface area contributed by atoms with Crippen molar-refractivity contribution in [1.29, 1.82) is 0 Å². The molecule has 0 unspecified atom stereocenters. The van der Waals surface area contributed by atoms with Gasteiger partial charge in [0.25, 0.3) is 0 Å². The highest BCUT2D eigenvalue weighted by molar-refractivity contribution is 5.90. The van der Waals surface area contributed by atoms with E-state index in [4.69, 9.17) is 14.6 Å². The molecule has 0 spiro atoms. The maximum Gasteiger partial charge on any atom is 0.337 e. The first kappa shape index (κ1) is 13.2. The van der Waals surface area contributed by atoms with Crippen LogP contribution in [-0.2, 0) is 4.74 Å². The quantitative estimate of drug-likeness (QED) is 0.831. The lowest BCUT2D eigenvalue weighted by Crippen LogP contribution is -2.07. The number of methoxy groups -OCH3 is 1. The molecule has 100 valence electrons. The van der Waals surface area contributed by atoms with Crippen molar-refractivity contribution in [3.8, 4) is 11.4 Å². The maximum atomic E-state index is 11.5. The second-order valence-corrected chi connectivity index (χ2v) is 3.84. The van der Waals surface area contributed by atoms with Crippen LogP contribution < -0.4 is 4.74 Å². The highest BCUT2D eigenvalue weighted by Gasteiger charge is 2.11. The number of aromatic nitrogens is 1. The minimum Gasteiger partial charge on any atom is -0.489 e. The summed E-state index contributed by atoms with van der Waals surface area (Å²) in [7, 11) is 1.34. The molecule has 0 fully saturated rings. The molecule has 0 radical (unpaired) electrons. The highest BCUT2D eigenvalue weighted by Crippen LogP contribution is 2.25. The number of nitrogens with zero attached hydrogens (tertiary/aromatic N) is 1. The number of hydrogen-bond acceptors (Lipinski definition) is 4. The average molecular weight is 261 g/mol. The Balaban J connectivity index is 2.41. The summed E-state index contributed by atoms with van der Waals surface area (Å²) in [6, 6.07) is 8.77. The van der Waals surface area contributed by atoms with E-state index in [-0.39, 0.29) is 13.2 Å². The number of carbonyl (C=O) groups is 1. The molecular weight excluding hydrogens is 246 g/mol. The van der Waals surface area contributed by atoms with Gasteiger partial charge in [0.1, 0.15) is 12.4 Å². The summed E-state index contributed by atoms with van der Waals surface area (Å²) in [5.74, 6) is 0.194. The van der Waals surface area contributed by atoms with Crippen LogP contribution in [-0.4, -0.2) is 36.0 Å². The van der Waals surface area contributed by atoms with Crippen LogP contribution in [0.2, 0.25) is 0 Å². The molecule has 1 heterocycles. The molecule has 0 bridgehead atoms. The number of hydrogen-bond donors (Lipinski definition) is 1. The minimum absolute atomic E-state index is 0.0656. The maximum absolute atomic E-state index is 11.5. The number of rotatable bonds is 5. The Bertz CT molecular complexity index is 549. The minimum atomic E-state index is -0.401. The summed E-state index contributed by atoms with van der Waals surface area (Å²) in [4.78, 5) is 11.5. The van der Waals surface area contributed by atoms with Crippen molar-refractivity contribution >= 4 is 5.97 Å². The van der Waals surface area contributed by atoms with Gasteiger partial charge in [-0.1, -0.05) is 0 Å². The molecule has 0 atom stereocenters. The molecular formula is C14H15NO4. The normalized spacial score (nSPS) is 10.2. The lowest BCUT2D eigenvalue weighted by Gasteiger charge is -2.13. The number of aliphatic hydroxyl groups excluding tert-OH is 1. The van der Waals surface area contributed by atoms with Crippen molar-refractivity contribution < 1.29 is 19.4 Å². The zero-order valence-electron chi connectivity index (χ0n) is 10.6. The van der Waals surface area contributed by atoms with Crippen LogP contribution in [0.25, 0.3) is 5.69 Å². The predicted molar refractivity (Wildman–Crippen MR) is 69.7 cm³/mol.